The summed E-state index contributed by atoms with van der Waals surface area (Å²) in [5.74, 6) is 0.435. The molecule has 3 fully saturated rings. The third-order valence-electron chi connectivity index (χ3n) is 7.25. The molecule has 10 heteroatoms. The highest BCUT2D eigenvalue weighted by Gasteiger charge is 2.48. The van der Waals surface area contributed by atoms with Gasteiger partial charge in [0.2, 0.25) is 5.88 Å². The Hall–Kier alpha value is -3.40. The summed E-state index contributed by atoms with van der Waals surface area (Å²) in [7, 11) is 1.45. The van der Waals surface area contributed by atoms with E-state index in [0.717, 1.165) is 38.3 Å². The van der Waals surface area contributed by atoms with Gasteiger partial charge in [-0.2, -0.15) is 0 Å². The second-order valence-corrected chi connectivity index (χ2v) is 9.51. The van der Waals surface area contributed by atoms with Gasteiger partial charge in [0.15, 0.2) is 11.6 Å². The van der Waals surface area contributed by atoms with Gasteiger partial charge in [0, 0.05) is 29.8 Å². The molecule has 6 rings (SSSR count). The fourth-order valence-electron chi connectivity index (χ4n) is 5.38. The molecule has 2 bridgehead atoms. The van der Waals surface area contributed by atoms with Crippen molar-refractivity contribution in [2.45, 2.75) is 62.4 Å². The number of aromatic hydroxyl groups is 1. The fraction of sp³-hybridized carbons (Fsp3) is 0.440. The number of ether oxygens (including phenoxy) is 1. The molecule has 0 spiro atoms. The number of piperidine rings is 1. The molecule has 2 N–H and O–H groups in total. The lowest BCUT2D eigenvalue weighted by atomic mass is 9.96. The number of benzene rings is 1. The zero-order valence-corrected chi connectivity index (χ0v) is 19.2. The van der Waals surface area contributed by atoms with Crippen LogP contribution in [0.2, 0.25) is 0 Å². The average molecular weight is 481 g/mol. The molecular formula is C25H26F2N6O2. The van der Waals surface area contributed by atoms with Gasteiger partial charge in [-0.05, 0) is 49.8 Å². The molecule has 0 radical (unpaired) electrons. The summed E-state index contributed by atoms with van der Waals surface area (Å²) < 4.78 is 34.6. The molecule has 0 unspecified atom stereocenters. The van der Waals surface area contributed by atoms with Gasteiger partial charge in [-0.15, -0.1) is 10.2 Å². The number of pyridine rings is 1. The number of phenols is 1. The number of anilines is 1. The van der Waals surface area contributed by atoms with E-state index in [0.29, 0.717) is 23.0 Å². The van der Waals surface area contributed by atoms with Crippen LogP contribution >= 0.6 is 0 Å². The van der Waals surface area contributed by atoms with Gasteiger partial charge in [-0.25, -0.2) is 18.7 Å². The number of nitrogens with zero attached hydrogens (tertiary/aromatic N) is 5. The van der Waals surface area contributed by atoms with E-state index < -0.39 is 12.0 Å². The highest BCUT2D eigenvalue weighted by atomic mass is 19.1. The molecule has 2 saturated heterocycles. The fourth-order valence-corrected chi connectivity index (χ4v) is 5.38. The van der Waals surface area contributed by atoms with Crippen LogP contribution < -0.4 is 15.0 Å². The van der Waals surface area contributed by atoms with Crippen molar-refractivity contribution in [2.75, 3.05) is 12.0 Å². The van der Waals surface area contributed by atoms with Crippen molar-refractivity contribution in [3.63, 3.8) is 0 Å². The van der Waals surface area contributed by atoms with Crippen LogP contribution in [0, 0.1) is 5.82 Å². The minimum Gasteiger partial charge on any atom is -0.507 e. The molecule has 2 aliphatic heterocycles. The molecule has 3 aliphatic rings. The molecule has 182 valence electrons. The Morgan fingerprint density at radius 1 is 1.06 bits per heavy atom. The Labute approximate surface area is 201 Å². The number of hydrogen-bond donors (Lipinski definition) is 2. The Balaban J connectivity index is 1.27. The lowest BCUT2D eigenvalue weighted by Gasteiger charge is -2.40. The quantitative estimate of drug-likeness (QED) is 0.552. The van der Waals surface area contributed by atoms with Crippen LogP contribution in [0.5, 0.6) is 11.6 Å². The summed E-state index contributed by atoms with van der Waals surface area (Å²) in [6, 6.07) is 6.47. The average Bonchev–Trinajstić information content (AvgIpc) is 3.62. The van der Waals surface area contributed by atoms with Crippen LogP contribution in [-0.2, 0) is 0 Å². The molecule has 1 aliphatic carbocycles. The highest BCUT2D eigenvalue weighted by molar-refractivity contribution is 5.73. The maximum absolute atomic E-state index is 15.3. The van der Waals surface area contributed by atoms with Crippen LogP contribution in [0.3, 0.4) is 0 Å². The maximum Gasteiger partial charge on any atom is 0.213 e. The number of nitrogens with one attached hydrogen (secondary N) is 1. The van der Waals surface area contributed by atoms with Gasteiger partial charge in [-0.3, -0.25) is 0 Å². The number of hydrogen-bond acceptors (Lipinski definition) is 8. The zero-order chi connectivity index (χ0) is 24.1. The zero-order valence-electron chi connectivity index (χ0n) is 19.2. The van der Waals surface area contributed by atoms with Crippen molar-refractivity contribution in [3.05, 3.63) is 42.5 Å². The van der Waals surface area contributed by atoms with Gasteiger partial charge in [-0.1, -0.05) is 6.07 Å². The van der Waals surface area contributed by atoms with Gasteiger partial charge >= 0.3 is 0 Å². The third-order valence-corrected chi connectivity index (χ3v) is 7.25. The standard InChI is InChI=1S/C25H26F2N6O2/c1-35-23-10-17(18(26)11-28-23)13-2-6-16(21(34)8-13)25-29-12-22(31-32-25)33(15-4-5-15)20-9-14-3-7-19(30-14)24(20)27/h2,6,8,10-12,14-15,19-20,24,30,34H,3-5,7,9H2,1H3/t14-,19+,20-,24+/m0/s1. The number of halogens is 2. The molecule has 3 aromatic rings. The predicted octanol–water partition coefficient (Wildman–Crippen LogP) is 3.65. The molecule has 4 atom stereocenters. The second kappa shape index (κ2) is 8.67. The van der Waals surface area contributed by atoms with Crippen molar-refractivity contribution in [2.24, 2.45) is 0 Å². The molecule has 1 aromatic carbocycles. The van der Waals surface area contributed by atoms with Crippen molar-refractivity contribution >= 4 is 5.82 Å². The molecule has 1 saturated carbocycles. The Morgan fingerprint density at radius 2 is 1.91 bits per heavy atom. The largest absolute Gasteiger partial charge is 0.507 e. The summed E-state index contributed by atoms with van der Waals surface area (Å²) in [5, 5.41) is 22.7. The molecule has 8 nitrogen and oxygen atoms in total. The first kappa shape index (κ1) is 22.1. The topological polar surface area (TPSA) is 96.3 Å². The predicted molar refractivity (Wildman–Crippen MR) is 125 cm³/mol. The number of aromatic nitrogens is 4. The summed E-state index contributed by atoms with van der Waals surface area (Å²) >= 11 is 0. The molecule has 35 heavy (non-hydrogen) atoms. The number of phenolic OH excluding ortho intramolecular Hbond substituents is 1. The Kier molecular flexibility index (Phi) is 5.47. The summed E-state index contributed by atoms with van der Waals surface area (Å²) in [6.07, 6.45) is 6.37. The first-order valence-electron chi connectivity index (χ1n) is 11.9. The van der Waals surface area contributed by atoms with Gasteiger partial charge in [0.25, 0.3) is 0 Å². The van der Waals surface area contributed by atoms with Gasteiger partial charge in [0.05, 0.1) is 31.1 Å². The second-order valence-electron chi connectivity index (χ2n) is 9.51. The van der Waals surface area contributed by atoms with Crippen LogP contribution in [0.1, 0.15) is 32.1 Å². The Bertz CT molecular complexity index is 1240. The maximum atomic E-state index is 15.3. The van der Waals surface area contributed by atoms with E-state index in [9.17, 15) is 9.50 Å². The van der Waals surface area contributed by atoms with Crippen LogP contribution in [0.25, 0.3) is 22.5 Å². The van der Waals surface area contributed by atoms with Crippen LogP contribution in [0.4, 0.5) is 14.6 Å². The van der Waals surface area contributed by atoms with Crippen molar-refractivity contribution in [1.82, 2.24) is 25.5 Å². The van der Waals surface area contributed by atoms with Crippen molar-refractivity contribution in [1.29, 1.82) is 0 Å². The summed E-state index contributed by atoms with van der Waals surface area (Å²) in [4.78, 5) is 10.4. The van der Waals surface area contributed by atoms with Crippen LogP contribution in [-0.4, -0.2) is 62.7 Å². The molecule has 4 heterocycles. The minimum absolute atomic E-state index is 0.0964. The van der Waals surface area contributed by atoms with E-state index in [-0.39, 0.29) is 41.1 Å². The summed E-state index contributed by atoms with van der Waals surface area (Å²) in [5.41, 5.74) is 1.09. The van der Waals surface area contributed by atoms with E-state index in [1.54, 1.807) is 18.3 Å². The number of rotatable bonds is 6. The SMILES string of the molecule is COc1cc(-c2ccc(-c3ncc(N(C4CC4)[C@H]4C[C@@H]5CC[C@@H](N5)[C@H]4F)nn3)c(O)c2)c(F)cn1. The normalized spacial score (nSPS) is 25.5. The molecule has 2 aromatic heterocycles. The number of fused-ring (bicyclic) bond motifs is 2. The van der Waals surface area contributed by atoms with E-state index in [2.05, 4.69) is 30.4 Å². The lowest BCUT2D eigenvalue weighted by Crippen LogP contribution is -2.57. The van der Waals surface area contributed by atoms with Gasteiger partial charge in [0.1, 0.15) is 17.7 Å². The van der Waals surface area contributed by atoms with Crippen molar-refractivity contribution < 1.29 is 18.6 Å². The number of alkyl halides is 1. The van der Waals surface area contributed by atoms with E-state index in [4.69, 9.17) is 4.74 Å². The highest BCUT2D eigenvalue weighted by Crippen LogP contribution is 2.40. The van der Waals surface area contributed by atoms with E-state index in [1.807, 2.05) is 0 Å². The van der Waals surface area contributed by atoms with E-state index >= 15 is 4.39 Å². The number of methoxy groups -OCH3 is 1. The van der Waals surface area contributed by atoms with Crippen molar-refractivity contribution in [3.8, 4) is 34.1 Å². The minimum atomic E-state index is -0.959. The molecule has 0 amide bonds. The summed E-state index contributed by atoms with van der Waals surface area (Å²) in [6.45, 7) is 0. The lowest BCUT2D eigenvalue weighted by molar-refractivity contribution is 0.171. The smallest absolute Gasteiger partial charge is 0.213 e. The first-order valence-corrected chi connectivity index (χ1v) is 11.9. The molecular weight excluding hydrogens is 454 g/mol. The first-order chi connectivity index (χ1) is 17.0. The monoisotopic (exact) mass is 480 g/mol. The van der Waals surface area contributed by atoms with Crippen LogP contribution in [0.15, 0.2) is 36.7 Å². The van der Waals surface area contributed by atoms with Gasteiger partial charge < -0.3 is 20.1 Å². The third kappa shape index (κ3) is 4.05. The van der Waals surface area contributed by atoms with E-state index in [1.165, 1.54) is 19.2 Å². The Morgan fingerprint density at radius 3 is 2.63 bits per heavy atom.